The second kappa shape index (κ2) is 5.65. The number of amides is 1. The topological polar surface area (TPSA) is 45.0 Å². The van der Waals surface area contributed by atoms with Gasteiger partial charge in [0.2, 0.25) is 0 Å². The molecule has 0 N–H and O–H groups in total. The van der Waals surface area contributed by atoms with Gasteiger partial charge in [0.05, 0.1) is 5.69 Å². The van der Waals surface area contributed by atoms with E-state index in [0.29, 0.717) is 24.1 Å². The van der Waals surface area contributed by atoms with Gasteiger partial charge in [-0.15, -0.1) is 11.7 Å². The zero-order valence-corrected chi connectivity index (χ0v) is 14.4. The summed E-state index contributed by atoms with van der Waals surface area (Å²) in [6, 6.07) is 7.84. The second-order valence-corrected chi connectivity index (χ2v) is 8.00. The number of hydrogen-bond donors (Lipinski definition) is 0. The van der Waals surface area contributed by atoms with E-state index in [4.69, 9.17) is 0 Å². The van der Waals surface area contributed by atoms with Crippen LogP contribution in [0.4, 0.5) is 5.69 Å². The van der Waals surface area contributed by atoms with Crippen molar-refractivity contribution in [3.63, 3.8) is 0 Å². The number of nitrogens with zero attached hydrogens (tertiary/aromatic N) is 3. The molecule has 0 saturated heterocycles. The first-order valence-electron chi connectivity index (χ1n) is 9.42. The van der Waals surface area contributed by atoms with Crippen LogP contribution in [0.15, 0.2) is 47.1 Å². The third-order valence-corrected chi connectivity index (χ3v) is 6.45. The molecule has 0 unspecified atom stereocenters. The summed E-state index contributed by atoms with van der Waals surface area (Å²) < 4.78 is 0. The summed E-state index contributed by atoms with van der Waals surface area (Å²) in [6.45, 7) is 4.26. The minimum Gasteiger partial charge on any atom is -0.302 e. The lowest BCUT2D eigenvalue weighted by Gasteiger charge is -2.50. The molecule has 0 atom stereocenters. The van der Waals surface area contributed by atoms with Gasteiger partial charge in [0.1, 0.15) is 0 Å². The van der Waals surface area contributed by atoms with Gasteiger partial charge >= 0.3 is 0 Å². The summed E-state index contributed by atoms with van der Waals surface area (Å²) in [4.78, 5) is 14.5. The summed E-state index contributed by atoms with van der Waals surface area (Å²) in [6.07, 6.45) is 8.31. The largest absolute Gasteiger partial charge is 0.302 e. The molecule has 4 nitrogen and oxygen atoms in total. The van der Waals surface area contributed by atoms with E-state index >= 15 is 0 Å². The van der Waals surface area contributed by atoms with Crippen LogP contribution in [0.3, 0.4) is 0 Å². The van der Waals surface area contributed by atoms with Crippen LogP contribution >= 0.6 is 0 Å². The maximum Gasteiger partial charge on any atom is 0.279 e. The fourth-order valence-corrected chi connectivity index (χ4v) is 5.61. The van der Waals surface area contributed by atoms with Gasteiger partial charge in [-0.1, -0.05) is 24.3 Å². The molecule has 0 spiro atoms. The molecule has 0 radical (unpaired) electrons. The van der Waals surface area contributed by atoms with Crippen molar-refractivity contribution in [3.05, 3.63) is 42.5 Å². The molecule has 128 valence electrons. The summed E-state index contributed by atoms with van der Waals surface area (Å²) in [7, 11) is 0. The van der Waals surface area contributed by atoms with E-state index < -0.39 is 0 Å². The molecule has 6 rings (SSSR count). The number of benzene rings is 1. The van der Waals surface area contributed by atoms with Crippen LogP contribution in [0.5, 0.6) is 0 Å². The first-order valence-corrected chi connectivity index (χ1v) is 9.42. The number of carbonyl (C=O) groups is 1. The van der Waals surface area contributed by atoms with Crippen molar-refractivity contribution in [2.24, 2.45) is 33.9 Å². The molecule has 4 bridgehead atoms. The smallest absolute Gasteiger partial charge is 0.279 e. The molecule has 4 saturated carbocycles. The highest BCUT2D eigenvalue weighted by Crippen LogP contribution is 2.52. The van der Waals surface area contributed by atoms with Crippen LogP contribution in [0, 0.1) is 23.7 Å². The number of fused-ring (bicyclic) bond motifs is 1. The quantitative estimate of drug-likeness (QED) is 0.612. The van der Waals surface area contributed by atoms with Gasteiger partial charge in [0.15, 0.2) is 5.71 Å². The standard InChI is InChI=1S/C21H23N3O/c1-2-7-24-18-6-4-3-5-17(18)20(21(24)25)23-22-19-15-9-13-8-14(11-15)12-16(19)10-13/h2-6,13-16H,1,7-12H2/b22-19?,23-20+. The third-order valence-electron chi connectivity index (χ3n) is 6.45. The monoisotopic (exact) mass is 333 g/mol. The second-order valence-electron chi connectivity index (χ2n) is 8.00. The van der Waals surface area contributed by atoms with Crippen molar-refractivity contribution in [2.45, 2.75) is 32.1 Å². The van der Waals surface area contributed by atoms with Crippen molar-refractivity contribution in [1.29, 1.82) is 0 Å². The van der Waals surface area contributed by atoms with E-state index in [1.807, 2.05) is 24.3 Å². The molecule has 4 fully saturated rings. The number of hydrogen-bond acceptors (Lipinski definition) is 3. The Balaban J connectivity index is 1.51. The van der Waals surface area contributed by atoms with Crippen molar-refractivity contribution < 1.29 is 4.79 Å². The fraction of sp³-hybridized carbons (Fsp3) is 0.476. The van der Waals surface area contributed by atoms with E-state index in [9.17, 15) is 4.79 Å². The Morgan fingerprint density at radius 3 is 2.40 bits per heavy atom. The van der Waals surface area contributed by atoms with Gasteiger partial charge in [-0.2, -0.15) is 5.10 Å². The highest BCUT2D eigenvalue weighted by Gasteiger charge is 2.46. The average molecular weight is 333 g/mol. The number of anilines is 1. The van der Waals surface area contributed by atoms with Crippen LogP contribution in [0.1, 0.15) is 37.7 Å². The number of para-hydroxylation sites is 1. The van der Waals surface area contributed by atoms with Gasteiger partial charge < -0.3 is 4.90 Å². The van der Waals surface area contributed by atoms with Gasteiger partial charge in [-0.3, -0.25) is 4.79 Å². The summed E-state index contributed by atoms with van der Waals surface area (Å²) >= 11 is 0. The molecular weight excluding hydrogens is 310 g/mol. The molecule has 25 heavy (non-hydrogen) atoms. The minimum atomic E-state index is -0.0609. The van der Waals surface area contributed by atoms with E-state index in [2.05, 4.69) is 16.8 Å². The van der Waals surface area contributed by atoms with E-state index in [1.54, 1.807) is 11.0 Å². The number of carbonyl (C=O) groups excluding carboxylic acids is 1. The first kappa shape index (κ1) is 15.1. The molecule has 0 aromatic heterocycles. The SMILES string of the molecule is C=CCN1C(=O)/C(=N/N=C2C3CC4CC(C3)CC2C4)c2ccccc21. The molecule has 1 amide bonds. The predicted molar refractivity (Wildman–Crippen MR) is 100 cm³/mol. The molecule has 1 heterocycles. The molecule has 1 aromatic rings. The Morgan fingerprint density at radius 1 is 1.04 bits per heavy atom. The maximum atomic E-state index is 12.8. The Morgan fingerprint density at radius 2 is 1.72 bits per heavy atom. The third kappa shape index (κ3) is 2.30. The lowest BCUT2D eigenvalue weighted by molar-refractivity contribution is -0.112. The fourth-order valence-electron chi connectivity index (χ4n) is 5.61. The lowest BCUT2D eigenvalue weighted by Crippen LogP contribution is -2.45. The van der Waals surface area contributed by atoms with E-state index in [0.717, 1.165) is 23.1 Å². The highest BCUT2D eigenvalue weighted by atomic mass is 16.2. The molecule has 5 aliphatic rings. The summed E-state index contributed by atoms with van der Waals surface area (Å²) in [5, 5.41) is 9.18. The maximum absolute atomic E-state index is 12.8. The average Bonchev–Trinajstić information content (AvgIpc) is 2.87. The zero-order chi connectivity index (χ0) is 17.0. The van der Waals surface area contributed by atoms with Crippen molar-refractivity contribution >= 4 is 23.0 Å². The lowest BCUT2D eigenvalue weighted by atomic mass is 9.55. The predicted octanol–water partition coefficient (Wildman–Crippen LogP) is 3.82. The van der Waals surface area contributed by atoms with Crippen LogP contribution in [0.2, 0.25) is 0 Å². The Bertz CT molecular complexity index is 777. The van der Waals surface area contributed by atoms with Crippen LogP contribution in [0.25, 0.3) is 0 Å². The zero-order valence-electron chi connectivity index (χ0n) is 14.4. The van der Waals surface area contributed by atoms with Gasteiger partial charge in [0, 0.05) is 17.8 Å². The van der Waals surface area contributed by atoms with Crippen LogP contribution in [-0.4, -0.2) is 23.9 Å². The molecule has 1 aliphatic heterocycles. The number of rotatable bonds is 3. The van der Waals surface area contributed by atoms with E-state index in [1.165, 1.54) is 37.8 Å². The Hall–Kier alpha value is -2.23. The van der Waals surface area contributed by atoms with Gasteiger partial charge in [-0.25, -0.2) is 0 Å². The van der Waals surface area contributed by atoms with Gasteiger partial charge in [-0.05, 0) is 61.8 Å². The van der Waals surface area contributed by atoms with Crippen LogP contribution in [-0.2, 0) is 4.79 Å². The highest BCUT2D eigenvalue weighted by molar-refractivity contribution is 6.54. The van der Waals surface area contributed by atoms with Crippen molar-refractivity contribution in [1.82, 2.24) is 0 Å². The first-order chi connectivity index (χ1) is 12.2. The molecular formula is C21H23N3O. The Kier molecular flexibility index (Phi) is 3.40. The van der Waals surface area contributed by atoms with E-state index in [-0.39, 0.29) is 5.91 Å². The minimum absolute atomic E-state index is 0.0609. The Labute approximate surface area is 148 Å². The summed E-state index contributed by atoms with van der Waals surface area (Å²) in [5.74, 6) is 2.97. The molecule has 4 aliphatic carbocycles. The van der Waals surface area contributed by atoms with Crippen molar-refractivity contribution in [3.8, 4) is 0 Å². The van der Waals surface area contributed by atoms with Crippen molar-refractivity contribution in [2.75, 3.05) is 11.4 Å². The molecule has 1 aromatic carbocycles. The van der Waals surface area contributed by atoms with Crippen LogP contribution < -0.4 is 4.90 Å². The van der Waals surface area contributed by atoms with Gasteiger partial charge in [0.25, 0.3) is 5.91 Å². The summed E-state index contributed by atoms with van der Waals surface area (Å²) in [5.41, 5.74) is 3.56. The molecule has 4 heteroatoms. The normalized spacial score (nSPS) is 33.9.